The van der Waals surface area contributed by atoms with E-state index in [9.17, 15) is 4.79 Å². The molecule has 0 spiro atoms. The Balaban J connectivity index is 1.28. The molecule has 5 rings (SSSR count). The maximum Gasteiger partial charge on any atom is 0.287 e. The second-order valence-corrected chi connectivity index (χ2v) is 8.25. The first kappa shape index (κ1) is 21.0. The van der Waals surface area contributed by atoms with E-state index in [-0.39, 0.29) is 18.0 Å². The molecule has 1 aromatic carbocycles. The molecule has 1 aliphatic rings. The summed E-state index contributed by atoms with van der Waals surface area (Å²) in [6, 6.07) is 11.5. The highest BCUT2D eigenvalue weighted by molar-refractivity contribution is 5.91. The molecule has 0 atom stereocenters. The summed E-state index contributed by atoms with van der Waals surface area (Å²) >= 11 is 0. The zero-order valence-electron chi connectivity index (χ0n) is 18.6. The molecule has 1 saturated carbocycles. The Morgan fingerprint density at radius 3 is 2.55 bits per heavy atom. The van der Waals surface area contributed by atoms with Gasteiger partial charge in [0, 0.05) is 12.1 Å². The minimum absolute atomic E-state index is 0.144. The first-order valence-corrected chi connectivity index (χ1v) is 11.1. The predicted octanol–water partition coefficient (Wildman–Crippen LogP) is 3.88. The molecular formula is C24H26N6O3. The first-order chi connectivity index (χ1) is 16.1. The van der Waals surface area contributed by atoms with Gasteiger partial charge >= 0.3 is 0 Å². The molecule has 3 aromatic heterocycles. The number of nitrogens with one attached hydrogen (secondary N) is 2. The maximum absolute atomic E-state index is 12.2. The second-order valence-electron chi connectivity index (χ2n) is 8.25. The average Bonchev–Trinajstić information content (AvgIpc) is 3.51. The van der Waals surface area contributed by atoms with Crippen LogP contribution in [0.25, 0.3) is 16.7 Å². The Kier molecular flexibility index (Phi) is 5.68. The van der Waals surface area contributed by atoms with Crippen LogP contribution in [-0.4, -0.2) is 44.8 Å². The normalized spacial score (nSPS) is 18.2. The van der Waals surface area contributed by atoms with Gasteiger partial charge in [0.1, 0.15) is 17.4 Å². The van der Waals surface area contributed by atoms with Gasteiger partial charge in [-0.25, -0.2) is 14.6 Å². The molecule has 4 aromatic rings. The number of aromatic nitrogens is 4. The molecule has 170 valence electrons. The molecule has 2 N–H and O–H groups in total. The third-order valence-corrected chi connectivity index (χ3v) is 6.01. The smallest absolute Gasteiger partial charge is 0.287 e. The molecule has 1 aliphatic carbocycles. The van der Waals surface area contributed by atoms with Crippen molar-refractivity contribution in [2.24, 2.45) is 0 Å². The van der Waals surface area contributed by atoms with Gasteiger partial charge in [-0.1, -0.05) is 0 Å². The molecule has 3 heterocycles. The SMILES string of the molecule is COc1ccc(-n2ncc3c(NC4CCC(NC(=O)c5ccco5)CC4)nc(C)nc32)cc1. The van der Waals surface area contributed by atoms with Crippen LogP contribution in [0.1, 0.15) is 42.1 Å². The van der Waals surface area contributed by atoms with Gasteiger partial charge in [-0.2, -0.15) is 5.10 Å². The zero-order valence-corrected chi connectivity index (χ0v) is 18.6. The second kappa shape index (κ2) is 8.93. The van der Waals surface area contributed by atoms with Crippen LogP contribution in [-0.2, 0) is 0 Å². The molecule has 1 amide bonds. The topological polar surface area (TPSA) is 107 Å². The van der Waals surface area contributed by atoms with E-state index in [1.54, 1.807) is 25.4 Å². The summed E-state index contributed by atoms with van der Waals surface area (Å²) in [5.74, 6) is 2.46. The van der Waals surface area contributed by atoms with Crippen molar-refractivity contribution < 1.29 is 13.9 Å². The molecule has 0 aliphatic heterocycles. The third-order valence-electron chi connectivity index (χ3n) is 6.01. The van der Waals surface area contributed by atoms with Crippen LogP contribution < -0.4 is 15.4 Å². The van der Waals surface area contributed by atoms with Crippen molar-refractivity contribution in [3.05, 3.63) is 60.4 Å². The van der Waals surface area contributed by atoms with Crippen molar-refractivity contribution in [1.82, 2.24) is 25.1 Å². The fourth-order valence-electron chi connectivity index (χ4n) is 4.28. The molecule has 9 nitrogen and oxygen atoms in total. The number of fused-ring (bicyclic) bond motifs is 1. The number of hydrogen-bond donors (Lipinski definition) is 2. The van der Waals surface area contributed by atoms with Crippen molar-refractivity contribution in [2.75, 3.05) is 12.4 Å². The van der Waals surface area contributed by atoms with Crippen molar-refractivity contribution in [3.8, 4) is 11.4 Å². The standard InChI is InChI=1S/C24H26N6O3/c1-15-26-22(20-14-25-30(23(20)27-15)18-9-11-19(32-2)12-10-18)28-16-5-7-17(8-6-16)29-24(31)21-4-3-13-33-21/h3-4,9-14,16-17H,5-8H2,1-2H3,(H,29,31)(H,26,27,28). The number of methoxy groups -OCH3 is 1. The number of rotatable bonds is 6. The number of nitrogens with zero attached hydrogens (tertiary/aromatic N) is 4. The monoisotopic (exact) mass is 446 g/mol. The lowest BCUT2D eigenvalue weighted by molar-refractivity contribution is 0.0898. The summed E-state index contributed by atoms with van der Waals surface area (Å²) in [6.07, 6.45) is 6.96. The van der Waals surface area contributed by atoms with Crippen LogP contribution >= 0.6 is 0 Å². The Morgan fingerprint density at radius 2 is 1.85 bits per heavy atom. The van der Waals surface area contributed by atoms with Crippen molar-refractivity contribution in [2.45, 2.75) is 44.7 Å². The van der Waals surface area contributed by atoms with Crippen molar-refractivity contribution in [1.29, 1.82) is 0 Å². The van der Waals surface area contributed by atoms with Gasteiger partial charge in [0.25, 0.3) is 5.91 Å². The van der Waals surface area contributed by atoms with Crippen LogP contribution in [0, 0.1) is 6.92 Å². The van der Waals surface area contributed by atoms with Gasteiger partial charge in [0.2, 0.25) is 0 Å². The Bertz CT molecular complexity index is 1240. The van der Waals surface area contributed by atoms with Gasteiger partial charge in [-0.05, 0) is 69.0 Å². The number of aryl methyl sites for hydroxylation is 1. The number of benzene rings is 1. The average molecular weight is 447 g/mol. The lowest BCUT2D eigenvalue weighted by Crippen LogP contribution is -2.40. The van der Waals surface area contributed by atoms with E-state index in [1.807, 2.05) is 35.9 Å². The van der Waals surface area contributed by atoms with E-state index < -0.39 is 0 Å². The van der Waals surface area contributed by atoms with Gasteiger partial charge < -0.3 is 19.8 Å². The first-order valence-electron chi connectivity index (χ1n) is 11.1. The lowest BCUT2D eigenvalue weighted by Gasteiger charge is -2.30. The fraction of sp³-hybridized carbons (Fsp3) is 0.333. The van der Waals surface area contributed by atoms with Gasteiger partial charge in [0.15, 0.2) is 11.4 Å². The van der Waals surface area contributed by atoms with Crippen molar-refractivity contribution in [3.63, 3.8) is 0 Å². The van der Waals surface area contributed by atoms with Crippen LogP contribution in [0.2, 0.25) is 0 Å². The summed E-state index contributed by atoms with van der Waals surface area (Å²) in [6.45, 7) is 1.89. The number of anilines is 1. The molecular weight excluding hydrogens is 420 g/mol. The number of hydrogen-bond acceptors (Lipinski definition) is 7. The van der Waals surface area contributed by atoms with E-state index in [1.165, 1.54) is 6.26 Å². The molecule has 0 radical (unpaired) electrons. The summed E-state index contributed by atoms with van der Waals surface area (Å²) in [5.41, 5.74) is 1.66. The molecule has 9 heteroatoms. The Morgan fingerprint density at radius 1 is 1.09 bits per heavy atom. The van der Waals surface area contributed by atoms with Crippen LogP contribution in [0.4, 0.5) is 5.82 Å². The lowest BCUT2D eigenvalue weighted by atomic mass is 9.91. The van der Waals surface area contributed by atoms with Crippen LogP contribution in [0.3, 0.4) is 0 Å². The van der Waals surface area contributed by atoms with Gasteiger partial charge in [0.05, 0.1) is 30.6 Å². The van der Waals surface area contributed by atoms with E-state index in [0.29, 0.717) is 11.6 Å². The zero-order chi connectivity index (χ0) is 22.8. The highest BCUT2D eigenvalue weighted by Gasteiger charge is 2.25. The summed E-state index contributed by atoms with van der Waals surface area (Å²) in [7, 11) is 1.65. The van der Waals surface area contributed by atoms with Gasteiger partial charge in [-0.15, -0.1) is 0 Å². The van der Waals surface area contributed by atoms with Crippen molar-refractivity contribution >= 4 is 22.8 Å². The fourth-order valence-corrected chi connectivity index (χ4v) is 4.28. The van der Waals surface area contributed by atoms with E-state index in [4.69, 9.17) is 9.15 Å². The number of carbonyl (C=O) groups excluding carboxylic acids is 1. The third kappa shape index (κ3) is 4.39. The quantitative estimate of drug-likeness (QED) is 0.463. The number of amides is 1. The predicted molar refractivity (Wildman–Crippen MR) is 124 cm³/mol. The minimum atomic E-state index is -0.157. The number of furan rings is 1. The summed E-state index contributed by atoms with van der Waals surface area (Å²) in [4.78, 5) is 21.5. The van der Waals surface area contributed by atoms with E-state index in [0.717, 1.165) is 54.0 Å². The maximum atomic E-state index is 12.2. The van der Waals surface area contributed by atoms with E-state index >= 15 is 0 Å². The Hall–Kier alpha value is -3.88. The number of carbonyl (C=O) groups is 1. The summed E-state index contributed by atoms with van der Waals surface area (Å²) < 4.78 is 12.2. The highest BCUT2D eigenvalue weighted by Crippen LogP contribution is 2.27. The minimum Gasteiger partial charge on any atom is -0.497 e. The molecule has 1 fully saturated rings. The van der Waals surface area contributed by atoms with Crippen LogP contribution in [0.15, 0.2) is 53.3 Å². The molecule has 0 bridgehead atoms. The molecule has 0 saturated heterocycles. The number of ether oxygens (including phenoxy) is 1. The van der Waals surface area contributed by atoms with E-state index in [2.05, 4.69) is 25.7 Å². The summed E-state index contributed by atoms with van der Waals surface area (Å²) in [5, 5.41) is 12.1. The molecule has 33 heavy (non-hydrogen) atoms. The highest BCUT2D eigenvalue weighted by atomic mass is 16.5. The Labute approximate surface area is 191 Å². The molecule has 0 unspecified atom stereocenters. The van der Waals surface area contributed by atoms with Gasteiger partial charge in [-0.3, -0.25) is 4.79 Å². The van der Waals surface area contributed by atoms with Crippen LogP contribution in [0.5, 0.6) is 5.75 Å². The largest absolute Gasteiger partial charge is 0.497 e.